The molecule has 1 atom stereocenters. The largest absolute Gasteiger partial charge is 0.346 e. The molecule has 1 aliphatic rings. The van der Waals surface area contributed by atoms with E-state index in [-0.39, 0.29) is 28.7 Å². The number of anilines is 1. The molecule has 190 valence electrons. The van der Waals surface area contributed by atoms with Gasteiger partial charge in [-0.1, -0.05) is 13.8 Å². The average molecular weight is 504 g/mol. The van der Waals surface area contributed by atoms with Gasteiger partial charge in [0.1, 0.15) is 5.82 Å². The van der Waals surface area contributed by atoms with Gasteiger partial charge >= 0.3 is 0 Å². The van der Waals surface area contributed by atoms with Crippen molar-refractivity contribution in [3.05, 3.63) is 52.1 Å². The summed E-state index contributed by atoms with van der Waals surface area (Å²) in [5.74, 6) is -2.27. The molecule has 2 N–H and O–H groups in total. The summed E-state index contributed by atoms with van der Waals surface area (Å²) in [5, 5.41) is 5.76. The smallest absolute Gasteiger partial charge is 0.294 e. The van der Waals surface area contributed by atoms with Crippen molar-refractivity contribution < 1.29 is 23.0 Å². The van der Waals surface area contributed by atoms with Crippen molar-refractivity contribution >= 4 is 34.1 Å². The first-order valence-electron chi connectivity index (χ1n) is 11.9. The molecule has 0 bridgehead atoms. The van der Waals surface area contributed by atoms with Crippen LogP contribution < -0.4 is 10.6 Å². The fraction of sp³-hybridized carbons (Fsp3) is 0.500. The van der Waals surface area contributed by atoms with Crippen molar-refractivity contribution in [1.29, 1.82) is 0 Å². The molecule has 0 spiro atoms. The number of carbonyl (C=O) groups excluding carboxylic acids is 3. The van der Waals surface area contributed by atoms with Crippen LogP contribution in [0.25, 0.3) is 0 Å². The zero-order chi connectivity index (χ0) is 26.0. The Bertz CT molecular complexity index is 1180. The second-order valence-electron chi connectivity index (χ2n) is 9.64. The number of benzene rings is 1. The van der Waals surface area contributed by atoms with Crippen LogP contribution >= 0.6 is 0 Å². The average Bonchev–Trinajstić information content (AvgIpc) is 3.06. The van der Waals surface area contributed by atoms with Crippen molar-refractivity contribution in [1.82, 2.24) is 9.88 Å². The molecule has 2 aromatic rings. The Hall–Kier alpha value is -2.81. The van der Waals surface area contributed by atoms with Crippen molar-refractivity contribution in [3.8, 4) is 0 Å². The van der Waals surface area contributed by atoms with Gasteiger partial charge in [-0.25, -0.2) is 4.39 Å². The van der Waals surface area contributed by atoms with Crippen molar-refractivity contribution in [2.75, 3.05) is 11.6 Å². The number of aryl methyl sites for hydroxylation is 1. The number of hydrogen-bond donors (Lipinski definition) is 2. The number of nitrogens with zero attached hydrogens (tertiary/aromatic N) is 1. The number of amides is 2. The van der Waals surface area contributed by atoms with Gasteiger partial charge in [-0.3, -0.25) is 18.6 Å². The van der Waals surface area contributed by atoms with Gasteiger partial charge in [0.2, 0.25) is 0 Å². The van der Waals surface area contributed by atoms with Crippen molar-refractivity contribution in [3.63, 3.8) is 0 Å². The van der Waals surface area contributed by atoms with Crippen LogP contribution in [0.15, 0.2) is 18.2 Å². The zero-order valence-corrected chi connectivity index (χ0v) is 22.0. The van der Waals surface area contributed by atoms with Crippen LogP contribution in [0.5, 0.6) is 0 Å². The topological polar surface area (TPSA) is 97.3 Å². The van der Waals surface area contributed by atoms with E-state index >= 15 is 0 Å². The first-order chi connectivity index (χ1) is 16.4. The van der Waals surface area contributed by atoms with Gasteiger partial charge in [0, 0.05) is 46.8 Å². The molecule has 1 aromatic heterocycles. The number of nitrogens with one attached hydrogen (secondary N) is 2. The maximum Gasteiger partial charge on any atom is 0.294 e. The summed E-state index contributed by atoms with van der Waals surface area (Å²) in [6.45, 7) is 7.11. The highest BCUT2D eigenvalue weighted by atomic mass is 32.2. The number of ketones is 1. The lowest BCUT2D eigenvalue weighted by atomic mass is 9.94. The fourth-order valence-corrected chi connectivity index (χ4v) is 5.89. The lowest BCUT2D eigenvalue weighted by molar-refractivity contribution is -0.117. The minimum absolute atomic E-state index is 0.0933. The number of halogens is 1. The van der Waals surface area contributed by atoms with E-state index in [0.29, 0.717) is 40.9 Å². The Balaban J connectivity index is 1.85. The van der Waals surface area contributed by atoms with E-state index in [1.54, 1.807) is 37.8 Å². The maximum absolute atomic E-state index is 13.6. The summed E-state index contributed by atoms with van der Waals surface area (Å²) in [5.41, 5.74) is 2.43. The molecular formula is C26H34FN3O4S. The summed E-state index contributed by atoms with van der Waals surface area (Å²) in [6.07, 6.45) is 4.55. The molecule has 1 aliphatic carbocycles. The van der Waals surface area contributed by atoms with E-state index in [9.17, 15) is 23.0 Å². The number of aromatic nitrogens is 1. The third-order valence-electron chi connectivity index (χ3n) is 6.77. The standard InChI is InChI=1S/C26H34FN3O4S/c1-14(2)22-21(25(32)29-18-9-12-20(27)15(3)13-18)16(4)23(30(22)5)24(31)26(33)28-17-7-10-19(11-8-17)35(6)34/h9,12-14,17,19H,7-8,10-11H2,1-6H3,(H,28,33)(H,29,32). The minimum Gasteiger partial charge on any atom is -0.346 e. The van der Waals surface area contributed by atoms with Crippen LogP contribution in [0.1, 0.15) is 83.1 Å². The zero-order valence-electron chi connectivity index (χ0n) is 21.2. The number of hydrogen-bond acceptors (Lipinski definition) is 4. The van der Waals surface area contributed by atoms with Gasteiger partial charge in [-0.05, 0) is 74.8 Å². The molecule has 0 aliphatic heterocycles. The van der Waals surface area contributed by atoms with Gasteiger partial charge in [-0.15, -0.1) is 0 Å². The SMILES string of the molecule is Cc1cc(NC(=O)c2c(C)c(C(=O)C(=O)NC3CCC(S(C)=O)CC3)n(C)c2C(C)C)ccc1F. The third kappa shape index (κ3) is 5.72. The Labute approximate surface area is 208 Å². The fourth-order valence-electron chi connectivity index (χ4n) is 4.95. The van der Waals surface area contributed by atoms with E-state index in [2.05, 4.69) is 10.6 Å². The Morgan fingerprint density at radius 1 is 1.11 bits per heavy atom. The lowest BCUT2D eigenvalue weighted by Gasteiger charge is -2.27. The molecule has 9 heteroatoms. The summed E-state index contributed by atoms with van der Waals surface area (Å²) < 4.78 is 27.0. The second-order valence-corrected chi connectivity index (χ2v) is 11.3. The Morgan fingerprint density at radius 3 is 2.29 bits per heavy atom. The van der Waals surface area contributed by atoms with Crippen LogP contribution in [0.3, 0.4) is 0 Å². The first kappa shape index (κ1) is 26.8. The van der Waals surface area contributed by atoms with Crippen molar-refractivity contribution in [2.45, 2.75) is 70.6 Å². The summed E-state index contributed by atoms with van der Waals surface area (Å²) >= 11 is 0. The van der Waals surface area contributed by atoms with E-state index in [4.69, 9.17) is 0 Å². The molecule has 1 heterocycles. The minimum atomic E-state index is -0.890. The Morgan fingerprint density at radius 2 is 1.74 bits per heavy atom. The van der Waals surface area contributed by atoms with E-state index in [0.717, 1.165) is 12.8 Å². The lowest BCUT2D eigenvalue weighted by Crippen LogP contribution is -2.43. The molecule has 1 fully saturated rings. The summed E-state index contributed by atoms with van der Waals surface area (Å²) in [4.78, 5) is 39.4. The van der Waals surface area contributed by atoms with Crippen LogP contribution in [0.2, 0.25) is 0 Å². The number of Topliss-reactive ketones (excluding diaryl/α,β-unsaturated/α-hetero) is 1. The summed E-state index contributed by atoms with van der Waals surface area (Å²) in [6, 6.07) is 4.18. The molecule has 7 nitrogen and oxygen atoms in total. The monoisotopic (exact) mass is 503 g/mol. The van der Waals surface area contributed by atoms with E-state index in [1.807, 2.05) is 13.8 Å². The van der Waals surface area contributed by atoms with Crippen LogP contribution in [-0.4, -0.2) is 43.9 Å². The van der Waals surface area contributed by atoms with Gasteiger partial charge in [0.05, 0.1) is 11.3 Å². The molecule has 3 rings (SSSR count). The van der Waals surface area contributed by atoms with Gasteiger partial charge in [0.15, 0.2) is 0 Å². The van der Waals surface area contributed by atoms with E-state index < -0.39 is 28.4 Å². The maximum atomic E-state index is 13.6. The first-order valence-corrected chi connectivity index (χ1v) is 13.5. The predicted molar refractivity (Wildman–Crippen MR) is 136 cm³/mol. The highest BCUT2D eigenvalue weighted by Gasteiger charge is 2.32. The molecule has 2 amide bonds. The molecule has 35 heavy (non-hydrogen) atoms. The number of carbonyl (C=O) groups is 3. The highest BCUT2D eigenvalue weighted by Crippen LogP contribution is 2.30. The predicted octanol–water partition coefficient (Wildman–Crippen LogP) is 4.15. The van der Waals surface area contributed by atoms with Gasteiger partial charge in [0.25, 0.3) is 17.6 Å². The van der Waals surface area contributed by atoms with Crippen LogP contribution in [0.4, 0.5) is 10.1 Å². The van der Waals surface area contributed by atoms with Gasteiger partial charge in [-0.2, -0.15) is 0 Å². The molecule has 0 saturated heterocycles. The summed E-state index contributed by atoms with van der Waals surface area (Å²) in [7, 11) is 0.794. The highest BCUT2D eigenvalue weighted by molar-refractivity contribution is 7.84. The quantitative estimate of drug-likeness (QED) is 0.438. The molecule has 0 radical (unpaired) electrons. The molecule has 1 unspecified atom stereocenters. The van der Waals surface area contributed by atoms with Crippen LogP contribution in [-0.2, 0) is 22.6 Å². The van der Waals surface area contributed by atoms with Gasteiger partial charge < -0.3 is 15.2 Å². The third-order valence-corrected chi connectivity index (χ3v) is 8.18. The molecule has 1 saturated carbocycles. The van der Waals surface area contributed by atoms with E-state index in [1.165, 1.54) is 12.1 Å². The molecule has 1 aromatic carbocycles. The van der Waals surface area contributed by atoms with Crippen molar-refractivity contribution in [2.24, 2.45) is 7.05 Å². The van der Waals surface area contributed by atoms with Crippen LogP contribution in [0, 0.1) is 19.7 Å². The Kier molecular flexibility index (Phi) is 8.30. The normalized spacial score (nSPS) is 18.9. The molecular weight excluding hydrogens is 469 g/mol. The number of rotatable bonds is 7. The second kappa shape index (κ2) is 10.8.